The minimum Gasteiger partial charge on any atom is -0.421 e. The third kappa shape index (κ3) is 4.04. The summed E-state index contributed by atoms with van der Waals surface area (Å²) in [4.78, 5) is 0. The number of benzene rings is 1. The minimum absolute atomic E-state index is 0.0690. The first-order chi connectivity index (χ1) is 9.91. The maximum atomic E-state index is 12.7. The van der Waals surface area contributed by atoms with Gasteiger partial charge < -0.3 is 9.73 Å². The van der Waals surface area contributed by atoms with Crippen molar-refractivity contribution in [3.8, 4) is 11.5 Å². The highest BCUT2D eigenvalue weighted by Crippen LogP contribution is 2.35. The number of hydrogen-bond donors (Lipinski definition) is 1. The molecule has 0 bridgehead atoms. The topological polar surface area (TPSA) is 51.0 Å². The van der Waals surface area contributed by atoms with Gasteiger partial charge in [0.2, 0.25) is 11.8 Å². The lowest BCUT2D eigenvalue weighted by molar-refractivity contribution is -0.137. The van der Waals surface area contributed by atoms with Crippen molar-refractivity contribution in [3.05, 3.63) is 34.1 Å². The van der Waals surface area contributed by atoms with Gasteiger partial charge in [0.05, 0.1) is 11.1 Å². The molecular weight excluding hydrogens is 351 g/mol. The molecule has 0 spiro atoms. The zero-order valence-electron chi connectivity index (χ0n) is 11.2. The van der Waals surface area contributed by atoms with Crippen LogP contribution in [0.2, 0.25) is 0 Å². The van der Waals surface area contributed by atoms with Crippen LogP contribution < -0.4 is 5.32 Å². The van der Waals surface area contributed by atoms with Gasteiger partial charge in [-0.05, 0) is 40.7 Å². The Bertz CT molecular complexity index is 613. The first kappa shape index (κ1) is 16.0. The van der Waals surface area contributed by atoms with E-state index >= 15 is 0 Å². The quantitative estimate of drug-likeness (QED) is 0.823. The SMILES string of the molecule is CCNCCc1nnc(-c2cc(C(F)(F)F)ccc2Br)o1. The first-order valence-corrected chi connectivity index (χ1v) is 7.11. The number of aromatic nitrogens is 2. The van der Waals surface area contributed by atoms with Crippen LogP contribution in [0.3, 0.4) is 0 Å². The summed E-state index contributed by atoms with van der Waals surface area (Å²) in [5.41, 5.74) is -0.528. The third-order valence-corrected chi connectivity index (χ3v) is 3.45. The van der Waals surface area contributed by atoms with E-state index in [1.807, 2.05) is 6.92 Å². The summed E-state index contributed by atoms with van der Waals surface area (Å²) in [6, 6.07) is 3.31. The van der Waals surface area contributed by atoms with E-state index in [4.69, 9.17) is 4.42 Å². The molecule has 0 atom stereocenters. The lowest BCUT2D eigenvalue weighted by atomic mass is 10.1. The summed E-state index contributed by atoms with van der Waals surface area (Å²) in [5, 5.41) is 10.7. The van der Waals surface area contributed by atoms with E-state index in [2.05, 4.69) is 31.4 Å². The minimum atomic E-state index is -4.41. The van der Waals surface area contributed by atoms with Crippen LogP contribution in [0, 0.1) is 0 Å². The molecule has 8 heteroatoms. The predicted octanol–water partition coefficient (Wildman–Crippen LogP) is 3.67. The van der Waals surface area contributed by atoms with Gasteiger partial charge in [-0.15, -0.1) is 10.2 Å². The highest BCUT2D eigenvalue weighted by molar-refractivity contribution is 9.10. The summed E-state index contributed by atoms with van der Waals surface area (Å²) in [6.07, 6.45) is -3.89. The standard InChI is InChI=1S/C13H13BrF3N3O/c1-2-18-6-5-11-19-20-12(21-11)9-7-8(13(15,16)17)3-4-10(9)14/h3-4,7,18H,2,5-6H2,1H3. The molecule has 0 aliphatic heterocycles. The zero-order chi connectivity index (χ0) is 15.5. The van der Waals surface area contributed by atoms with Crippen molar-refractivity contribution in [2.24, 2.45) is 0 Å². The Kier molecular flexibility index (Phi) is 5.00. The molecule has 1 aromatic heterocycles. The Morgan fingerprint density at radius 2 is 2.05 bits per heavy atom. The van der Waals surface area contributed by atoms with Crippen LogP contribution in [0.1, 0.15) is 18.4 Å². The molecule has 0 saturated carbocycles. The molecule has 21 heavy (non-hydrogen) atoms. The highest BCUT2D eigenvalue weighted by Gasteiger charge is 2.31. The Labute approximate surface area is 127 Å². The van der Waals surface area contributed by atoms with Crippen molar-refractivity contribution < 1.29 is 17.6 Å². The monoisotopic (exact) mass is 363 g/mol. The molecule has 0 amide bonds. The normalized spacial score (nSPS) is 11.9. The van der Waals surface area contributed by atoms with Gasteiger partial charge in [0.15, 0.2) is 0 Å². The van der Waals surface area contributed by atoms with Crippen LogP contribution in [-0.2, 0) is 12.6 Å². The summed E-state index contributed by atoms with van der Waals surface area (Å²) >= 11 is 3.20. The molecule has 0 unspecified atom stereocenters. The van der Waals surface area contributed by atoms with Crippen LogP contribution in [0.15, 0.2) is 27.1 Å². The lowest BCUT2D eigenvalue weighted by Gasteiger charge is -2.08. The molecule has 2 rings (SSSR count). The Morgan fingerprint density at radius 1 is 1.29 bits per heavy atom. The molecule has 0 fully saturated rings. The summed E-state index contributed by atoms with van der Waals surface area (Å²) in [6.45, 7) is 3.46. The van der Waals surface area contributed by atoms with Gasteiger partial charge in [0.1, 0.15) is 0 Å². The fourth-order valence-electron chi connectivity index (χ4n) is 1.70. The summed E-state index contributed by atoms with van der Waals surface area (Å²) in [5.74, 6) is 0.453. The first-order valence-electron chi connectivity index (χ1n) is 6.32. The molecule has 0 radical (unpaired) electrons. The molecule has 1 heterocycles. The van der Waals surface area contributed by atoms with Gasteiger partial charge in [-0.3, -0.25) is 0 Å². The molecule has 0 saturated heterocycles. The van der Waals surface area contributed by atoms with Crippen LogP contribution in [0.4, 0.5) is 13.2 Å². The number of alkyl halides is 3. The van der Waals surface area contributed by atoms with Gasteiger partial charge in [-0.1, -0.05) is 6.92 Å². The highest BCUT2D eigenvalue weighted by atomic mass is 79.9. The van der Waals surface area contributed by atoms with Crippen molar-refractivity contribution in [2.45, 2.75) is 19.5 Å². The molecular formula is C13H13BrF3N3O. The van der Waals surface area contributed by atoms with Crippen LogP contribution in [-0.4, -0.2) is 23.3 Å². The van der Waals surface area contributed by atoms with Crippen molar-refractivity contribution in [3.63, 3.8) is 0 Å². The second-order valence-corrected chi connectivity index (χ2v) is 5.15. The maximum absolute atomic E-state index is 12.7. The number of halogens is 4. The number of nitrogens with one attached hydrogen (secondary N) is 1. The maximum Gasteiger partial charge on any atom is 0.416 e. The number of likely N-dealkylation sites (N-methyl/N-ethyl adjacent to an activating group) is 1. The second kappa shape index (κ2) is 6.57. The molecule has 114 valence electrons. The predicted molar refractivity (Wildman–Crippen MR) is 74.7 cm³/mol. The summed E-state index contributed by atoms with van der Waals surface area (Å²) in [7, 11) is 0. The van der Waals surface area contributed by atoms with Crippen molar-refractivity contribution in [2.75, 3.05) is 13.1 Å². The van der Waals surface area contributed by atoms with E-state index in [-0.39, 0.29) is 11.5 Å². The van der Waals surface area contributed by atoms with Crippen molar-refractivity contribution in [1.29, 1.82) is 0 Å². The average Bonchev–Trinajstić information content (AvgIpc) is 2.87. The largest absolute Gasteiger partial charge is 0.421 e. The van der Waals surface area contributed by atoms with Crippen molar-refractivity contribution in [1.82, 2.24) is 15.5 Å². The van der Waals surface area contributed by atoms with Gasteiger partial charge in [0, 0.05) is 17.4 Å². The smallest absolute Gasteiger partial charge is 0.416 e. The lowest BCUT2D eigenvalue weighted by Crippen LogP contribution is -2.16. The van der Waals surface area contributed by atoms with E-state index in [1.54, 1.807) is 0 Å². The van der Waals surface area contributed by atoms with E-state index in [1.165, 1.54) is 6.07 Å². The number of hydrogen-bond acceptors (Lipinski definition) is 4. The fraction of sp³-hybridized carbons (Fsp3) is 0.385. The Hall–Kier alpha value is -1.41. The van der Waals surface area contributed by atoms with Crippen LogP contribution in [0.25, 0.3) is 11.5 Å². The summed E-state index contributed by atoms with van der Waals surface area (Å²) < 4.78 is 44.1. The zero-order valence-corrected chi connectivity index (χ0v) is 12.8. The van der Waals surface area contributed by atoms with Gasteiger partial charge in [-0.25, -0.2) is 0 Å². The molecule has 4 nitrogen and oxygen atoms in total. The van der Waals surface area contributed by atoms with E-state index < -0.39 is 11.7 Å². The van der Waals surface area contributed by atoms with E-state index in [0.717, 1.165) is 18.7 Å². The number of rotatable bonds is 5. The second-order valence-electron chi connectivity index (χ2n) is 4.30. The molecule has 1 aromatic carbocycles. The van der Waals surface area contributed by atoms with Crippen LogP contribution >= 0.6 is 15.9 Å². The van der Waals surface area contributed by atoms with Crippen LogP contribution in [0.5, 0.6) is 0 Å². The van der Waals surface area contributed by atoms with Gasteiger partial charge in [-0.2, -0.15) is 13.2 Å². The number of nitrogens with zero attached hydrogens (tertiary/aromatic N) is 2. The molecule has 0 aliphatic carbocycles. The Balaban J connectivity index is 2.25. The third-order valence-electron chi connectivity index (χ3n) is 2.76. The molecule has 1 N–H and O–H groups in total. The van der Waals surface area contributed by atoms with Gasteiger partial charge in [0.25, 0.3) is 0 Å². The Morgan fingerprint density at radius 3 is 2.71 bits per heavy atom. The average molecular weight is 364 g/mol. The molecule has 0 aliphatic rings. The fourth-order valence-corrected chi connectivity index (χ4v) is 2.12. The van der Waals surface area contributed by atoms with E-state index in [9.17, 15) is 13.2 Å². The van der Waals surface area contributed by atoms with Crippen molar-refractivity contribution >= 4 is 15.9 Å². The van der Waals surface area contributed by atoms with E-state index in [0.29, 0.717) is 23.3 Å². The van der Waals surface area contributed by atoms with Gasteiger partial charge >= 0.3 is 6.18 Å². The molecule has 2 aromatic rings.